The fourth-order valence-electron chi connectivity index (χ4n) is 11.1. The molecule has 2 fully saturated rings. The number of nitrogens with one attached hydrogen (secondary N) is 4. The van der Waals surface area contributed by atoms with Gasteiger partial charge in [0, 0.05) is 83.3 Å². The van der Waals surface area contributed by atoms with Gasteiger partial charge in [0.2, 0.25) is 0 Å². The third kappa shape index (κ3) is 13.4. The molecule has 4 N–H and O–H groups in total. The number of aromatic nitrogens is 2. The zero-order valence-corrected chi connectivity index (χ0v) is 42.8. The highest BCUT2D eigenvalue weighted by Crippen LogP contribution is 2.41. The van der Waals surface area contributed by atoms with Crippen molar-refractivity contribution < 1.29 is 35.9 Å². The SMILES string of the molecule is CCN(c1cc(C(F)(F)F)cc(C(=O)NCc2c(C)cc(C)[nH]c2=O)c1C)C1C[C@@H](C)C[C@H](C)C1.CCN(c1cc(C(F)(F)F)cc(C(=O)NCc2c(C)cc(C)[nH]c2=O)c1C)C1C[C@@H](C)C[C@H](C)C1. The molecule has 2 amide bonds. The Kier molecular flexibility index (Phi) is 18.0. The highest BCUT2D eigenvalue weighted by atomic mass is 19.4. The lowest BCUT2D eigenvalue weighted by molar-refractivity contribution is -0.138. The number of hydrogen-bond acceptors (Lipinski definition) is 6. The van der Waals surface area contributed by atoms with Gasteiger partial charge in [-0.3, -0.25) is 19.2 Å². The van der Waals surface area contributed by atoms with E-state index in [1.165, 1.54) is 12.1 Å². The van der Waals surface area contributed by atoms with Gasteiger partial charge < -0.3 is 30.4 Å². The van der Waals surface area contributed by atoms with Crippen molar-refractivity contribution in [3.05, 3.63) is 124 Å². The second kappa shape index (κ2) is 22.7. The predicted molar refractivity (Wildman–Crippen MR) is 266 cm³/mol. The first-order valence-corrected chi connectivity index (χ1v) is 24.5. The van der Waals surface area contributed by atoms with E-state index in [0.29, 0.717) is 92.9 Å². The summed E-state index contributed by atoms with van der Waals surface area (Å²) < 4.78 is 83.3. The number of halogens is 6. The summed E-state index contributed by atoms with van der Waals surface area (Å²) in [5, 5.41) is 5.34. The number of amides is 2. The molecule has 2 heterocycles. The van der Waals surface area contributed by atoms with E-state index in [2.05, 4.69) is 48.3 Å². The van der Waals surface area contributed by atoms with Crippen LogP contribution in [0.1, 0.15) is 157 Å². The Labute approximate surface area is 408 Å². The Hall–Kier alpha value is -5.54. The van der Waals surface area contributed by atoms with Crippen molar-refractivity contribution in [3.63, 3.8) is 0 Å². The van der Waals surface area contributed by atoms with Gasteiger partial charge in [-0.2, -0.15) is 26.3 Å². The quantitative estimate of drug-likeness (QED) is 0.105. The first kappa shape index (κ1) is 55.4. The van der Waals surface area contributed by atoms with Crippen LogP contribution in [0.4, 0.5) is 37.7 Å². The molecule has 2 aromatic carbocycles. The molecule has 2 aliphatic carbocycles. The first-order chi connectivity index (χ1) is 32.6. The van der Waals surface area contributed by atoms with Gasteiger partial charge in [-0.15, -0.1) is 0 Å². The second-order valence-electron chi connectivity index (χ2n) is 20.3. The molecule has 0 saturated heterocycles. The Morgan fingerprint density at radius 1 is 0.543 bits per heavy atom. The van der Waals surface area contributed by atoms with Crippen LogP contribution in [-0.2, 0) is 25.4 Å². The van der Waals surface area contributed by atoms with Crippen LogP contribution in [0.2, 0.25) is 0 Å². The number of carbonyl (C=O) groups is 2. The molecule has 4 atom stereocenters. The third-order valence-corrected chi connectivity index (χ3v) is 14.2. The van der Waals surface area contributed by atoms with Gasteiger partial charge in [0.15, 0.2) is 0 Å². The number of rotatable bonds is 12. The van der Waals surface area contributed by atoms with E-state index in [9.17, 15) is 45.5 Å². The molecule has 0 radical (unpaired) electrons. The zero-order chi connectivity index (χ0) is 52.2. The van der Waals surface area contributed by atoms with E-state index in [0.717, 1.165) is 50.7 Å². The van der Waals surface area contributed by atoms with Gasteiger partial charge in [-0.25, -0.2) is 0 Å². The number of H-pyrrole nitrogens is 2. The molecule has 2 aliphatic rings. The second-order valence-corrected chi connectivity index (χ2v) is 20.3. The van der Waals surface area contributed by atoms with Crippen molar-refractivity contribution in [1.29, 1.82) is 0 Å². The van der Waals surface area contributed by atoms with Crippen molar-refractivity contribution in [1.82, 2.24) is 20.6 Å². The van der Waals surface area contributed by atoms with Crippen molar-refractivity contribution in [3.8, 4) is 0 Å². The highest BCUT2D eigenvalue weighted by Gasteiger charge is 2.37. The summed E-state index contributed by atoms with van der Waals surface area (Å²) in [7, 11) is 0. The maximum absolute atomic E-state index is 13.9. The third-order valence-electron chi connectivity index (χ3n) is 14.2. The summed E-state index contributed by atoms with van der Waals surface area (Å²) in [6, 6.07) is 8.00. The van der Waals surface area contributed by atoms with Crippen molar-refractivity contribution in [2.24, 2.45) is 23.7 Å². The number of alkyl halides is 6. The Bertz CT molecular complexity index is 2440. The molecule has 2 aromatic heterocycles. The van der Waals surface area contributed by atoms with Crippen molar-refractivity contribution in [2.75, 3.05) is 22.9 Å². The normalized spacial score (nSPS) is 20.5. The molecule has 10 nitrogen and oxygen atoms in total. The number of hydrogen-bond donors (Lipinski definition) is 4. The van der Waals surface area contributed by atoms with E-state index in [4.69, 9.17) is 0 Å². The number of nitrogens with zero attached hydrogens (tertiary/aromatic N) is 2. The molecule has 384 valence electrons. The largest absolute Gasteiger partial charge is 0.416 e. The summed E-state index contributed by atoms with van der Waals surface area (Å²) in [5.41, 5.74) is 3.15. The standard InChI is InChI=1S/2C27H36F3N3O2/c2*1-7-33(21-9-15(2)8-16(3)10-21)24-13-20(27(28,29)30)12-22(19(24)6)25(34)31-14-23-17(4)11-18(5)32-26(23)35/h2*11-13,15-16,21H,7-10,14H2,1-6H3,(H,31,34)(H,32,35)/t2*15-,16-/m00/s1. The first-order valence-electron chi connectivity index (χ1n) is 24.5. The Morgan fingerprint density at radius 3 is 1.13 bits per heavy atom. The minimum atomic E-state index is -4.59. The molecule has 0 spiro atoms. The molecule has 6 rings (SSSR count). The van der Waals surface area contributed by atoms with Crippen LogP contribution in [-0.4, -0.2) is 47.0 Å². The summed E-state index contributed by atoms with van der Waals surface area (Å²) in [6.07, 6.45) is -3.32. The molecular formula is C54H72F6N6O4. The molecule has 4 aromatic rings. The lowest BCUT2D eigenvalue weighted by Gasteiger charge is -2.41. The minimum Gasteiger partial charge on any atom is -0.369 e. The molecule has 0 aliphatic heterocycles. The monoisotopic (exact) mass is 983 g/mol. The number of aromatic amines is 2. The van der Waals surface area contributed by atoms with Gasteiger partial charge in [0.05, 0.1) is 11.1 Å². The van der Waals surface area contributed by atoms with E-state index in [1.54, 1.807) is 53.7 Å². The van der Waals surface area contributed by atoms with E-state index in [-0.39, 0.29) is 47.4 Å². The van der Waals surface area contributed by atoms with Crippen LogP contribution in [0, 0.1) is 65.2 Å². The van der Waals surface area contributed by atoms with Crippen molar-refractivity contribution in [2.45, 2.75) is 159 Å². The summed E-state index contributed by atoms with van der Waals surface area (Å²) in [6.45, 7) is 24.0. The molecule has 70 heavy (non-hydrogen) atoms. The van der Waals surface area contributed by atoms with Gasteiger partial charge >= 0.3 is 12.4 Å². The van der Waals surface area contributed by atoms with Gasteiger partial charge in [-0.1, -0.05) is 27.7 Å². The predicted octanol–water partition coefficient (Wildman–Crippen LogP) is 11.8. The van der Waals surface area contributed by atoms with Crippen LogP contribution in [0.15, 0.2) is 46.0 Å². The maximum Gasteiger partial charge on any atom is 0.416 e. The summed E-state index contributed by atoms with van der Waals surface area (Å²) in [4.78, 5) is 60.4. The molecule has 2 saturated carbocycles. The lowest BCUT2D eigenvalue weighted by Crippen LogP contribution is -2.41. The van der Waals surface area contributed by atoms with Crippen LogP contribution in [0.5, 0.6) is 0 Å². The number of carbonyl (C=O) groups excluding carboxylic acids is 2. The van der Waals surface area contributed by atoms with Crippen molar-refractivity contribution >= 4 is 23.2 Å². The van der Waals surface area contributed by atoms with E-state index in [1.807, 2.05) is 23.6 Å². The van der Waals surface area contributed by atoms with Gasteiger partial charge in [0.1, 0.15) is 0 Å². The number of aryl methyl sites for hydroxylation is 4. The average Bonchev–Trinajstić information content (AvgIpc) is 3.23. The lowest BCUT2D eigenvalue weighted by atomic mass is 9.79. The Morgan fingerprint density at radius 2 is 0.857 bits per heavy atom. The molecular weight excluding hydrogens is 911 g/mol. The molecule has 16 heteroatoms. The average molecular weight is 983 g/mol. The molecule has 0 bridgehead atoms. The topological polar surface area (TPSA) is 130 Å². The fraction of sp³-hybridized carbons (Fsp3) is 0.556. The number of benzene rings is 2. The highest BCUT2D eigenvalue weighted by molar-refractivity contribution is 5.98. The summed E-state index contributed by atoms with van der Waals surface area (Å²) >= 11 is 0. The number of anilines is 2. The zero-order valence-electron chi connectivity index (χ0n) is 42.8. The summed E-state index contributed by atoms with van der Waals surface area (Å²) in [5.74, 6) is 0.696. The van der Waals surface area contributed by atoms with Gasteiger partial charge in [0.25, 0.3) is 22.9 Å². The maximum atomic E-state index is 13.9. The van der Waals surface area contributed by atoms with E-state index >= 15 is 0 Å². The molecule has 0 unspecified atom stereocenters. The minimum absolute atomic E-state index is 0.0219. The van der Waals surface area contributed by atoms with E-state index < -0.39 is 35.3 Å². The van der Waals surface area contributed by atoms with Crippen LogP contribution in [0.25, 0.3) is 0 Å². The van der Waals surface area contributed by atoms with Crippen LogP contribution in [0.3, 0.4) is 0 Å². The fourth-order valence-corrected chi connectivity index (χ4v) is 11.1. The Balaban J connectivity index is 0.000000261. The van der Waals surface area contributed by atoms with Gasteiger partial charge in [-0.05, 0) is 176 Å². The smallest absolute Gasteiger partial charge is 0.369 e. The van der Waals surface area contributed by atoms with Crippen LogP contribution >= 0.6 is 0 Å². The number of pyridine rings is 2. The van der Waals surface area contributed by atoms with Crippen LogP contribution < -0.4 is 31.6 Å².